The van der Waals surface area contributed by atoms with Crippen molar-refractivity contribution in [1.82, 2.24) is 13.7 Å². The summed E-state index contributed by atoms with van der Waals surface area (Å²) in [7, 11) is 0. The number of aromatic nitrogens is 3. The van der Waals surface area contributed by atoms with E-state index in [4.69, 9.17) is 13.1 Å². The standard InChI is InChI=1S/C51H28N6/c1-53-34-25-26-48-42(30-34)40-16-6-10-23-47(40)57(48)50-36(17-11-19-43(50)54-2)33-27-32(31-52)28-35(29-33)55-44-20-7-5-15-39(44)41-18-12-24-49(51(41)55)56-45-21-8-3-13-37(45)38-14-4-9-22-46(38)56/h3-30H. The van der Waals surface area contributed by atoms with E-state index in [1.807, 2.05) is 60.7 Å². The van der Waals surface area contributed by atoms with Crippen molar-refractivity contribution >= 4 is 76.8 Å². The molecule has 0 amide bonds. The monoisotopic (exact) mass is 724 g/mol. The van der Waals surface area contributed by atoms with Crippen molar-refractivity contribution < 1.29 is 0 Å². The van der Waals surface area contributed by atoms with Crippen LogP contribution in [0.1, 0.15) is 5.56 Å². The summed E-state index contributed by atoms with van der Waals surface area (Å²) in [5.41, 5.74) is 11.9. The van der Waals surface area contributed by atoms with Gasteiger partial charge in [-0.05, 0) is 77.2 Å². The van der Waals surface area contributed by atoms with E-state index in [1.54, 1.807) is 0 Å². The van der Waals surface area contributed by atoms with Crippen LogP contribution in [-0.4, -0.2) is 13.7 Å². The van der Waals surface area contributed by atoms with Crippen molar-refractivity contribution in [1.29, 1.82) is 5.26 Å². The Morgan fingerprint density at radius 1 is 0.456 bits per heavy atom. The Hall–Kier alpha value is -8.37. The fraction of sp³-hybridized carbons (Fsp3) is 0. The first-order valence-corrected chi connectivity index (χ1v) is 18.6. The molecule has 3 aromatic heterocycles. The van der Waals surface area contributed by atoms with Crippen molar-refractivity contribution in [3.05, 3.63) is 198 Å². The molecular formula is C51H28N6. The molecule has 0 bridgehead atoms. The lowest BCUT2D eigenvalue weighted by Crippen LogP contribution is -2.02. The largest absolute Gasteiger partial charge is 0.318 e. The second-order valence-electron chi connectivity index (χ2n) is 14.2. The molecule has 0 fully saturated rings. The summed E-state index contributed by atoms with van der Waals surface area (Å²) in [6, 6.07) is 60.2. The average molecular weight is 725 g/mol. The minimum atomic E-state index is 0.485. The van der Waals surface area contributed by atoms with Crippen LogP contribution in [0.25, 0.3) is 103 Å². The van der Waals surface area contributed by atoms with Crippen molar-refractivity contribution in [2.24, 2.45) is 0 Å². The summed E-state index contributed by atoms with van der Waals surface area (Å²) in [6.07, 6.45) is 0. The van der Waals surface area contributed by atoms with Crippen molar-refractivity contribution in [3.63, 3.8) is 0 Å². The highest BCUT2D eigenvalue weighted by molar-refractivity contribution is 6.15. The Kier molecular flexibility index (Phi) is 6.95. The number of nitriles is 1. The molecule has 0 saturated heterocycles. The fourth-order valence-electron chi connectivity index (χ4n) is 8.95. The minimum Gasteiger partial charge on any atom is -0.318 e. The summed E-state index contributed by atoms with van der Waals surface area (Å²) in [5, 5.41) is 17.2. The van der Waals surface area contributed by atoms with Gasteiger partial charge in [-0.25, -0.2) is 9.69 Å². The third-order valence-electron chi connectivity index (χ3n) is 11.3. The molecule has 0 unspecified atom stereocenters. The van der Waals surface area contributed by atoms with Crippen LogP contribution in [0.5, 0.6) is 0 Å². The molecule has 0 aliphatic rings. The number of hydrogen-bond donors (Lipinski definition) is 0. The Morgan fingerprint density at radius 3 is 1.67 bits per heavy atom. The van der Waals surface area contributed by atoms with Gasteiger partial charge in [-0.3, -0.25) is 0 Å². The summed E-state index contributed by atoms with van der Waals surface area (Å²) < 4.78 is 6.79. The van der Waals surface area contributed by atoms with Crippen molar-refractivity contribution in [3.8, 4) is 34.3 Å². The third-order valence-corrected chi connectivity index (χ3v) is 11.3. The second-order valence-corrected chi connectivity index (χ2v) is 14.2. The Labute approximate surface area is 327 Å². The van der Waals surface area contributed by atoms with Crippen LogP contribution in [0.3, 0.4) is 0 Å². The van der Waals surface area contributed by atoms with Gasteiger partial charge in [0.25, 0.3) is 0 Å². The quantitative estimate of drug-likeness (QED) is 0.167. The van der Waals surface area contributed by atoms with Crippen LogP contribution in [-0.2, 0) is 0 Å². The first-order chi connectivity index (χ1) is 28.2. The van der Waals surface area contributed by atoms with Gasteiger partial charge in [-0.1, -0.05) is 109 Å². The molecule has 0 aliphatic carbocycles. The molecule has 8 aromatic carbocycles. The normalized spacial score (nSPS) is 11.5. The average Bonchev–Trinajstić information content (AvgIpc) is 3.91. The van der Waals surface area contributed by atoms with E-state index in [2.05, 4.69) is 139 Å². The zero-order valence-electron chi connectivity index (χ0n) is 30.3. The van der Waals surface area contributed by atoms with Gasteiger partial charge in [0, 0.05) is 32.6 Å². The van der Waals surface area contributed by atoms with Crippen LogP contribution in [0, 0.1) is 24.5 Å². The summed E-state index contributed by atoms with van der Waals surface area (Å²) in [6.45, 7) is 16.1. The molecule has 6 heteroatoms. The molecule has 11 rings (SSSR count). The van der Waals surface area contributed by atoms with Crippen LogP contribution >= 0.6 is 0 Å². The predicted molar refractivity (Wildman–Crippen MR) is 232 cm³/mol. The van der Waals surface area contributed by atoms with Gasteiger partial charge in [0.05, 0.1) is 69.3 Å². The van der Waals surface area contributed by atoms with Crippen LogP contribution in [0.2, 0.25) is 0 Å². The molecule has 0 atom stereocenters. The maximum Gasteiger partial charge on any atom is 0.211 e. The van der Waals surface area contributed by atoms with E-state index >= 15 is 0 Å². The number of hydrogen-bond acceptors (Lipinski definition) is 1. The molecule has 3 heterocycles. The predicted octanol–water partition coefficient (Wildman–Crippen LogP) is 13.6. The molecule has 6 nitrogen and oxygen atoms in total. The lowest BCUT2D eigenvalue weighted by Gasteiger charge is -2.18. The van der Waals surface area contributed by atoms with Crippen LogP contribution in [0.15, 0.2) is 170 Å². The number of nitrogens with zero attached hydrogens (tertiary/aromatic N) is 6. The number of rotatable bonds is 4. The molecule has 0 radical (unpaired) electrons. The maximum atomic E-state index is 10.6. The number of benzene rings is 8. The first kappa shape index (κ1) is 32.1. The Morgan fingerprint density at radius 2 is 1.02 bits per heavy atom. The van der Waals surface area contributed by atoms with Crippen LogP contribution < -0.4 is 0 Å². The molecule has 0 N–H and O–H groups in total. The second kappa shape index (κ2) is 12.3. The van der Waals surface area contributed by atoms with E-state index in [-0.39, 0.29) is 0 Å². The zero-order valence-corrected chi connectivity index (χ0v) is 30.3. The Bertz CT molecular complexity index is 3580. The van der Waals surface area contributed by atoms with Gasteiger partial charge in [0.2, 0.25) is 5.69 Å². The molecule has 11 aromatic rings. The summed E-state index contributed by atoms with van der Waals surface area (Å²) >= 11 is 0. The molecule has 0 spiro atoms. The van der Waals surface area contributed by atoms with Gasteiger partial charge in [0.15, 0.2) is 5.69 Å². The van der Waals surface area contributed by atoms with E-state index < -0.39 is 0 Å². The van der Waals surface area contributed by atoms with E-state index in [0.717, 1.165) is 82.8 Å². The summed E-state index contributed by atoms with van der Waals surface area (Å²) in [5.74, 6) is 0. The topological polar surface area (TPSA) is 47.3 Å². The molecule has 262 valence electrons. The highest BCUT2D eigenvalue weighted by atomic mass is 15.1. The lowest BCUT2D eigenvalue weighted by atomic mass is 9.99. The van der Waals surface area contributed by atoms with E-state index in [9.17, 15) is 5.26 Å². The number of fused-ring (bicyclic) bond motifs is 9. The van der Waals surface area contributed by atoms with Gasteiger partial charge in [-0.2, -0.15) is 5.26 Å². The third kappa shape index (κ3) is 4.61. The highest BCUT2D eigenvalue weighted by Gasteiger charge is 2.23. The molecular weight excluding hydrogens is 697 g/mol. The van der Waals surface area contributed by atoms with Crippen molar-refractivity contribution in [2.45, 2.75) is 0 Å². The van der Waals surface area contributed by atoms with Crippen LogP contribution in [0.4, 0.5) is 11.4 Å². The SMILES string of the molecule is [C-]#[N+]c1ccc2c(c1)c1ccccc1n2-c1c([N+]#[C-])cccc1-c1cc(C#N)cc(-n2c3ccccc3c3cccc(-n4c5ccccc5c5ccccc54)c32)c1. The summed E-state index contributed by atoms with van der Waals surface area (Å²) in [4.78, 5) is 7.77. The lowest BCUT2D eigenvalue weighted by molar-refractivity contribution is 1.13. The van der Waals surface area contributed by atoms with Gasteiger partial charge >= 0.3 is 0 Å². The van der Waals surface area contributed by atoms with E-state index in [1.165, 1.54) is 10.8 Å². The minimum absolute atomic E-state index is 0.485. The van der Waals surface area contributed by atoms with Gasteiger partial charge < -0.3 is 13.7 Å². The fourth-order valence-corrected chi connectivity index (χ4v) is 8.95. The first-order valence-electron chi connectivity index (χ1n) is 18.6. The van der Waals surface area contributed by atoms with Crippen molar-refractivity contribution in [2.75, 3.05) is 0 Å². The molecule has 0 aliphatic heterocycles. The maximum absolute atomic E-state index is 10.6. The molecule has 0 saturated carbocycles. The smallest absolute Gasteiger partial charge is 0.211 e. The highest BCUT2D eigenvalue weighted by Crippen LogP contribution is 2.44. The Balaban J connectivity index is 1.23. The number of para-hydroxylation sites is 6. The molecule has 57 heavy (non-hydrogen) atoms. The zero-order chi connectivity index (χ0) is 38.2. The van der Waals surface area contributed by atoms with Gasteiger partial charge in [0.1, 0.15) is 0 Å². The van der Waals surface area contributed by atoms with Gasteiger partial charge in [-0.15, -0.1) is 0 Å². The van der Waals surface area contributed by atoms with E-state index in [0.29, 0.717) is 16.9 Å².